The molecule has 0 unspecified atom stereocenters. The van der Waals surface area contributed by atoms with E-state index < -0.39 is 83.2 Å². The molecule has 0 aliphatic carbocycles. The molecular weight excluding hydrogens is 452 g/mol. The van der Waals surface area contributed by atoms with Crippen molar-refractivity contribution in [2.45, 2.75) is 25.2 Å². The van der Waals surface area contributed by atoms with Gasteiger partial charge >= 0.3 is 0 Å². The van der Waals surface area contributed by atoms with Gasteiger partial charge in [0.15, 0.2) is 54.9 Å². The Balaban J connectivity index is 3.21. The maximum Gasteiger partial charge on any atom is 0.208 e. The van der Waals surface area contributed by atoms with Gasteiger partial charge in [0, 0.05) is 0 Å². The highest BCUT2D eigenvalue weighted by molar-refractivity contribution is 6.69. The molecule has 0 aliphatic rings. The van der Waals surface area contributed by atoms with E-state index in [0.717, 1.165) is 25.7 Å². The summed E-state index contributed by atoms with van der Waals surface area (Å²) >= 11 is 0. The predicted octanol–water partition coefficient (Wildman–Crippen LogP) is 5.70. The van der Waals surface area contributed by atoms with E-state index in [0.29, 0.717) is 0 Å². The number of hydrogen-bond acceptors (Lipinski definition) is 2. The fourth-order valence-electron chi connectivity index (χ4n) is 2.65. The SMILES string of the molecule is C[Si](C)(C)OC(C#N)(c1c(F)c(F)c(F)c(F)c1F)c1c(F)c(F)c(F)c(F)c1F. The summed E-state index contributed by atoms with van der Waals surface area (Å²) in [6, 6.07) is 0.857. The summed E-state index contributed by atoms with van der Waals surface area (Å²) in [6.07, 6.45) is 0. The van der Waals surface area contributed by atoms with Crippen molar-refractivity contribution < 1.29 is 48.3 Å². The molecule has 0 heterocycles. The first-order valence-corrected chi connectivity index (χ1v) is 11.2. The first-order chi connectivity index (χ1) is 13.6. The molecule has 0 saturated heterocycles. The smallest absolute Gasteiger partial charge is 0.208 e. The van der Waals surface area contributed by atoms with Gasteiger partial charge < -0.3 is 4.43 Å². The second kappa shape index (κ2) is 7.58. The number of rotatable bonds is 4. The maximum atomic E-state index is 14.4. The number of halogens is 10. The highest BCUT2D eigenvalue weighted by Crippen LogP contribution is 2.44. The lowest BCUT2D eigenvalue weighted by molar-refractivity contribution is 0.136. The van der Waals surface area contributed by atoms with E-state index in [-0.39, 0.29) is 0 Å². The maximum absolute atomic E-state index is 14.4. The zero-order chi connectivity index (χ0) is 23.3. The Morgan fingerprint density at radius 1 is 0.567 bits per heavy atom. The van der Waals surface area contributed by atoms with E-state index in [4.69, 9.17) is 4.43 Å². The van der Waals surface area contributed by atoms with Gasteiger partial charge in [0.05, 0.1) is 11.1 Å². The molecule has 0 saturated carbocycles. The van der Waals surface area contributed by atoms with Crippen LogP contribution < -0.4 is 0 Å². The Labute approximate surface area is 163 Å². The van der Waals surface area contributed by atoms with Gasteiger partial charge in [0.1, 0.15) is 6.07 Å². The minimum Gasteiger partial charge on any atom is -0.393 e. The monoisotopic (exact) mass is 461 g/mol. The molecule has 0 aliphatic heterocycles. The lowest BCUT2D eigenvalue weighted by atomic mass is 9.85. The number of nitrogens with zero attached hydrogens (tertiary/aromatic N) is 1. The van der Waals surface area contributed by atoms with Gasteiger partial charge in [-0.2, -0.15) is 5.26 Å². The van der Waals surface area contributed by atoms with E-state index in [1.54, 1.807) is 0 Å². The zero-order valence-corrected chi connectivity index (χ0v) is 16.1. The third kappa shape index (κ3) is 3.43. The van der Waals surface area contributed by atoms with Crippen LogP contribution in [0.15, 0.2) is 0 Å². The molecule has 0 aromatic heterocycles. The van der Waals surface area contributed by atoms with Crippen molar-refractivity contribution in [3.8, 4) is 6.07 Å². The molecule has 0 fully saturated rings. The van der Waals surface area contributed by atoms with Gasteiger partial charge in [0.2, 0.25) is 17.2 Å². The summed E-state index contributed by atoms with van der Waals surface area (Å²) in [6.45, 7) is 3.49. The van der Waals surface area contributed by atoms with Crippen LogP contribution in [0.5, 0.6) is 0 Å². The first-order valence-electron chi connectivity index (χ1n) is 7.77. The van der Waals surface area contributed by atoms with E-state index in [2.05, 4.69) is 0 Å². The summed E-state index contributed by atoms with van der Waals surface area (Å²) in [5.74, 6) is -26.8. The Hall–Kier alpha value is -2.59. The van der Waals surface area contributed by atoms with Gasteiger partial charge in [-0.15, -0.1) is 0 Å². The Bertz CT molecular complexity index is 962. The highest BCUT2D eigenvalue weighted by Gasteiger charge is 2.51. The lowest BCUT2D eigenvalue weighted by Gasteiger charge is -2.35. The van der Waals surface area contributed by atoms with Crippen LogP contribution in [0.1, 0.15) is 11.1 Å². The van der Waals surface area contributed by atoms with E-state index in [1.165, 1.54) is 0 Å². The number of benzene rings is 2. The van der Waals surface area contributed by atoms with Gasteiger partial charge in [-0.3, -0.25) is 0 Å². The largest absolute Gasteiger partial charge is 0.393 e. The second-order valence-electron chi connectivity index (χ2n) is 6.90. The van der Waals surface area contributed by atoms with Crippen molar-refractivity contribution in [1.82, 2.24) is 0 Å². The summed E-state index contributed by atoms with van der Waals surface area (Å²) in [4.78, 5) is 0. The van der Waals surface area contributed by atoms with Crippen molar-refractivity contribution in [3.05, 3.63) is 69.3 Å². The van der Waals surface area contributed by atoms with Crippen molar-refractivity contribution in [2.75, 3.05) is 0 Å². The fraction of sp³-hybridized carbons (Fsp3) is 0.235. The van der Waals surface area contributed by atoms with Crippen molar-refractivity contribution in [3.63, 3.8) is 0 Å². The first kappa shape index (κ1) is 23.7. The van der Waals surface area contributed by atoms with Crippen LogP contribution >= 0.6 is 0 Å². The van der Waals surface area contributed by atoms with Crippen LogP contribution in [0.25, 0.3) is 0 Å². The molecule has 0 amide bonds. The van der Waals surface area contributed by atoms with Crippen molar-refractivity contribution >= 4 is 8.32 Å². The quantitative estimate of drug-likeness (QED) is 0.254. The standard InChI is InChI=1S/C17H9F10NOSi/c1-30(2,3)29-17(4-28,5-7(18)11(22)15(26)12(23)8(5)19)6-9(20)13(24)16(27)14(25)10(6)21/h1-3H3. The molecule has 0 radical (unpaired) electrons. The zero-order valence-electron chi connectivity index (χ0n) is 15.1. The van der Waals surface area contributed by atoms with Crippen LogP contribution in [0.3, 0.4) is 0 Å². The van der Waals surface area contributed by atoms with Gasteiger partial charge in [-0.05, 0) is 19.6 Å². The average Bonchev–Trinajstić information content (AvgIpc) is 2.66. The molecule has 2 aromatic rings. The average molecular weight is 461 g/mol. The molecule has 0 atom stereocenters. The molecule has 162 valence electrons. The normalized spacial score (nSPS) is 12.3. The van der Waals surface area contributed by atoms with Crippen LogP contribution in [0.2, 0.25) is 19.6 Å². The van der Waals surface area contributed by atoms with Crippen LogP contribution in [0.4, 0.5) is 43.9 Å². The van der Waals surface area contributed by atoms with Gasteiger partial charge in [-0.25, -0.2) is 43.9 Å². The highest BCUT2D eigenvalue weighted by atomic mass is 28.4. The summed E-state index contributed by atoms with van der Waals surface area (Å²) < 4.78 is 145. The van der Waals surface area contributed by atoms with E-state index in [1.807, 2.05) is 0 Å². The van der Waals surface area contributed by atoms with Gasteiger partial charge in [0.25, 0.3) is 0 Å². The predicted molar refractivity (Wildman–Crippen MR) is 83.3 cm³/mol. The molecule has 2 aromatic carbocycles. The molecule has 0 spiro atoms. The lowest BCUT2D eigenvalue weighted by Crippen LogP contribution is -2.44. The van der Waals surface area contributed by atoms with Crippen molar-refractivity contribution in [1.29, 1.82) is 5.26 Å². The summed E-state index contributed by atoms with van der Waals surface area (Å²) in [5.41, 5.74) is -8.34. The van der Waals surface area contributed by atoms with E-state index in [9.17, 15) is 49.2 Å². The summed E-state index contributed by atoms with van der Waals surface area (Å²) in [7, 11) is -3.43. The molecule has 13 heteroatoms. The van der Waals surface area contributed by atoms with Crippen LogP contribution in [0, 0.1) is 69.5 Å². The molecule has 2 rings (SSSR count). The van der Waals surface area contributed by atoms with Crippen LogP contribution in [-0.4, -0.2) is 8.32 Å². The molecule has 2 nitrogen and oxygen atoms in total. The molecular formula is C17H9F10NOSi. The summed E-state index contributed by atoms with van der Waals surface area (Å²) in [5, 5.41) is 9.55. The minimum absolute atomic E-state index is 0.857. The minimum atomic E-state index is -3.91. The Morgan fingerprint density at radius 3 is 1.00 bits per heavy atom. The topological polar surface area (TPSA) is 33.0 Å². The number of nitriles is 1. The Morgan fingerprint density at radius 2 is 0.800 bits per heavy atom. The molecule has 0 N–H and O–H groups in total. The number of hydrogen-bond donors (Lipinski definition) is 0. The van der Waals surface area contributed by atoms with Crippen molar-refractivity contribution in [2.24, 2.45) is 0 Å². The molecule has 30 heavy (non-hydrogen) atoms. The Kier molecular flexibility index (Phi) is 5.99. The third-order valence-electron chi connectivity index (χ3n) is 3.74. The van der Waals surface area contributed by atoms with Crippen LogP contribution in [-0.2, 0) is 10.0 Å². The van der Waals surface area contributed by atoms with Gasteiger partial charge in [-0.1, -0.05) is 0 Å². The second-order valence-corrected chi connectivity index (χ2v) is 11.3. The third-order valence-corrected chi connectivity index (χ3v) is 4.66. The van der Waals surface area contributed by atoms with E-state index >= 15 is 0 Å². The fourth-order valence-corrected chi connectivity index (χ4v) is 3.82. The molecule has 0 bridgehead atoms.